The number of methoxy groups -OCH3 is 2. The zero-order valence-electron chi connectivity index (χ0n) is 18.8. The van der Waals surface area contributed by atoms with Crippen LogP contribution in [0, 0.1) is 6.92 Å². The average molecular weight is 461 g/mol. The molecule has 0 unspecified atom stereocenters. The van der Waals surface area contributed by atoms with Crippen LogP contribution in [0.25, 0.3) is 22.2 Å². The summed E-state index contributed by atoms with van der Waals surface area (Å²) in [5, 5.41) is 4.52. The van der Waals surface area contributed by atoms with Gasteiger partial charge in [0.05, 0.1) is 31.0 Å². The number of benzene rings is 3. The van der Waals surface area contributed by atoms with Crippen LogP contribution in [0.5, 0.6) is 11.5 Å². The fraction of sp³-hybridized carbons (Fsp3) is 0.185. The summed E-state index contributed by atoms with van der Waals surface area (Å²) in [4.78, 5) is 18.2. The molecule has 1 aromatic heterocycles. The summed E-state index contributed by atoms with van der Waals surface area (Å²) >= 11 is 6.21. The van der Waals surface area contributed by atoms with Crippen LogP contribution in [0.1, 0.15) is 21.5 Å². The van der Waals surface area contributed by atoms with Gasteiger partial charge in [0.15, 0.2) is 11.5 Å². The summed E-state index contributed by atoms with van der Waals surface area (Å²) in [5.41, 5.74) is 4.89. The highest BCUT2D eigenvalue weighted by molar-refractivity contribution is 6.30. The Labute approximate surface area is 198 Å². The van der Waals surface area contributed by atoms with E-state index in [0.717, 1.165) is 33.3 Å². The summed E-state index contributed by atoms with van der Waals surface area (Å²) in [5.74, 6) is 1.22. The first kappa shape index (κ1) is 22.6. The van der Waals surface area contributed by atoms with E-state index in [1.165, 1.54) is 0 Å². The van der Waals surface area contributed by atoms with Crippen molar-refractivity contribution in [2.75, 3.05) is 20.8 Å². The molecule has 1 N–H and O–H groups in total. The normalized spacial score (nSPS) is 10.8. The van der Waals surface area contributed by atoms with Gasteiger partial charge in [0, 0.05) is 22.5 Å². The largest absolute Gasteiger partial charge is 0.493 e. The van der Waals surface area contributed by atoms with Gasteiger partial charge in [-0.15, -0.1) is 0 Å². The highest BCUT2D eigenvalue weighted by Crippen LogP contribution is 2.31. The number of aromatic nitrogens is 1. The van der Waals surface area contributed by atoms with E-state index < -0.39 is 0 Å². The molecular formula is C27H25ClN2O3. The number of nitrogens with one attached hydrogen (secondary N) is 1. The number of nitrogens with zero attached hydrogens (tertiary/aromatic N) is 1. The monoisotopic (exact) mass is 460 g/mol. The van der Waals surface area contributed by atoms with Gasteiger partial charge in [0.1, 0.15) is 0 Å². The minimum Gasteiger partial charge on any atom is -0.493 e. The number of fused-ring (bicyclic) bond motifs is 1. The third-order valence-electron chi connectivity index (χ3n) is 5.61. The number of pyridine rings is 1. The molecule has 3 aromatic carbocycles. The van der Waals surface area contributed by atoms with E-state index in [4.69, 9.17) is 26.1 Å². The van der Waals surface area contributed by atoms with Crippen LogP contribution in [0.4, 0.5) is 0 Å². The lowest BCUT2D eigenvalue weighted by atomic mass is 9.97. The van der Waals surface area contributed by atoms with Crippen molar-refractivity contribution in [3.63, 3.8) is 0 Å². The van der Waals surface area contributed by atoms with Crippen molar-refractivity contribution in [2.45, 2.75) is 13.3 Å². The molecule has 0 saturated carbocycles. The lowest BCUT2D eigenvalue weighted by Crippen LogP contribution is -2.27. The third-order valence-corrected chi connectivity index (χ3v) is 5.84. The molecular weight excluding hydrogens is 436 g/mol. The second-order valence-electron chi connectivity index (χ2n) is 7.68. The molecule has 0 radical (unpaired) electrons. The van der Waals surface area contributed by atoms with Gasteiger partial charge >= 0.3 is 0 Å². The third kappa shape index (κ3) is 4.78. The van der Waals surface area contributed by atoms with Gasteiger partial charge in [-0.05, 0) is 54.8 Å². The average Bonchev–Trinajstić information content (AvgIpc) is 2.83. The molecule has 1 amide bonds. The van der Waals surface area contributed by atoms with Crippen molar-refractivity contribution in [2.24, 2.45) is 0 Å². The van der Waals surface area contributed by atoms with E-state index in [0.29, 0.717) is 35.1 Å². The predicted octanol–water partition coefficient (Wildman–Crippen LogP) is 5.85. The molecule has 0 fully saturated rings. The molecule has 6 heteroatoms. The molecule has 0 aliphatic carbocycles. The highest BCUT2D eigenvalue weighted by atomic mass is 35.5. The van der Waals surface area contributed by atoms with Crippen molar-refractivity contribution >= 4 is 28.4 Å². The number of amides is 1. The zero-order chi connectivity index (χ0) is 23.4. The zero-order valence-corrected chi connectivity index (χ0v) is 19.6. The SMILES string of the molecule is COc1ccc(CCNC(=O)c2c(C)c(-c3cccc(Cl)c3)nc3ccccc23)cc1OC. The molecule has 1 heterocycles. The van der Waals surface area contributed by atoms with Crippen molar-refractivity contribution < 1.29 is 14.3 Å². The Morgan fingerprint density at radius 1 is 0.970 bits per heavy atom. The van der Waals surface area contributed by atoms with Crippen LogP contribution in [0.3, 0.4) is 0 Å². The quantitative estimate of drug-likeness (QED) is 0.375. The molecule has 168 valence electrons. The number of hydrogen-bond acceptors (Lipinski definition) is 4. The molecule has 0 atom stereocenters. The second kappa shape index (κ2) is 9.92. The summed E-state index contributed by atoms with van der Waals surface area (Å²) in [7, 11) is 3.22. The van der Waals surface area contributed by atoms with Crippen LogP contribution in [0.15, 0.2) is 66.7 Å². The van der Waals surface area contributed by atoms with Crippen LogP contribution < -0.4 is 14.8 Å². The minimum absolute atomic E-state index is 0.130. The molecule has 4 aromatic rings. The summed E-state index contributed by atoms with van der Waals surface area (Å²) < 4.78 is 10.7. The number of hydrogen-bond donors (Lipinski definition) is 1. The second-order valence-corrected chi connectivity index (χ2v) is 8.12. The van der Waals surface area contributed by atoms with Gasteiger partial charge < -0.3 is 14.8 Å². The predicted molar refractivity (Wildman–Crippen MR) is 133 cm³/mol. The van der Waals surface area contributed by atoms with Crippen molar-refractivity contribution in [1.82, 2.24) is 10.3 Å². The lowest BCUT2D eigenvalue weighted by molar-refractivity contribution is 0.0955. The van der Waals surface area contributed by atoms with Gasteiger partial charge in [-0.2, -0.15) is 0 Å². The van der Waals surface area contributed by atoms with E-state index in [1.54, 1.807) is 14.2 Å². The molecule has 5 nitrogen and oxygen atoms in total. The minimum atomic E-state index is -0.130. The maximum absolute atomic E-state index is 13.3. The Kier molecular flexibility index (Phi) is 6.80. The van der Waals surface area contributed by atoms with Crippen LogP contribution in [-0.2, 0) is 6.42 Å². The van der Waals surface area contributed by atoms with Crippen LogP contribution >= 0.6 is 11.6 Å². The van der Waals surface area contributed by atoms with Gasteiger partial charge in [0.25, 0.3) is 5.91 Å². The fourth-order valence-electron chi connectivity index (χ4n) is 3.96. The van der Waals surface area contributed by atoms with E-state index in [1.807, 2.05) is 73.7 Å². The number of para-hydroxylation sites is 1. The standard InChI is InChI=1S/C27H25ClN2O3/c1-17-25(27(31)29-14-13-18-11-12-23(32-2)24(15-18)33-3)21-9-4-5-10-22(21)30-26(17)19-7-6-8-20(28)16-19/h4-12,15-16H,13-14H2,1-3H3,(H,29,31). The Morgan fingerprint density at radius 3 is 2.52 bits per heavy atom. The van der Waals surface area contributed by atoms with Gasteiger partial charge in [0.2, 0.25) is 0 Å². The van der Waals surface area contributed by atoms with E-state index in [9.17, 15) is 4.79 Å². The number of carbonyl (C=O) groups excluding carboxylic acids is 1. The topological polar surface area (TPSA) is 60.5 Å². The number of rotatable bonds is 7. The molecule has 0 aliphatic heterocycles. The number of ether oxygens (including phenoxy) is 2. The first-order valence-corrected chi connectivity index (χ1v) is 11.0. The Bertz CT molecular complexity index is 1320. The Morgan fingerprint density at radius 2 is 1.76 bits per heavy atom. The molecule has 4 rings (SSSR count). The summed E-state index contributed by atoms with van der Waals surface area (Å²) in [6, 6.07) is 21.0. The first-order chi connectivity index (χ1) is 16.0. The van der Waals surface area contributed by atoms with Gasteiger partial charge in [-0.1, -0.05) is 48.0 Å². The van der Waals surface area contributed by atoms with Gasteiger partial charge in [-0.25, -0.2) is 4.98 Å². The number of carbonyl (C=O) groups is 1. The number of halogens is 1. The van der Waals surface area contributed by atoms with Crippen molar-refractivity contribution in [3.05, 3.63) is 88.4 Å². The highest BCUT2D eigenvalue weighted by Gasteiger charge is 2.19. The summed E-state index contributed by atoms with van der Waals surface area (Å²) in [6.45, 7) is 2.41. The first-order valence-electron chi connectivity index (χ1n) is 10.7. The lowest BCUT2D eigenvalue weighted by Gasteiger charge is -2.15. The Hall–Kier alpha value is -3.57. The fourth-order valence-corrected chi connectivity index (χ4v) is 4.15. The Balaban J connectivity index is 1.62. The van der Waals surface area contributed by atoms with Crippen LogP contribution in [-0.4, -0.2) is 31.7 Å². The summed E-state index contributed by atoms with van der Waals surface area (Å²) in [6.07, 6.45) is 0.662. The van der Waals surface area contributed by atoms with E-state index in [-0.39, 0.29) is 5.91 Å². The van der Waals surface area contributed by atoms with Crippen molar-refractivity contribution in [3.8, 4) is 22.8 Å². The van der Waals surface area contributed by atoms with E-state index >= 15 is 0 Å². The maximum atomic E-state index is 13.3. The molecule has 0 saturated heterocycles. The molecule has 0 aliphatic rings. The maximum Gasteiger partial charge on any atom is 0.252 e. The van der Waals surface area contributed by atoms with Crippen molar-refractivity contribution in [1.29, 1.82) is 0 Å². The molecule has 0 bridgehead atoms. The van der Waals surface area contributed by atoms with E-state index in [2.05, 4.69) is 5.32 Å². The van der Waals surface area contributed by atoms with Crippen LogP contribution in [0.2, 0.25) is 5.02 Å². The smallest absolute Gasteiger partial charge is 0.252 e. The molecule has 33 heavy (non-hydrogen) atoms. The molecule has 0 spiro atoms. The van der Waals surface area contributed by atoms with Gasteiger partial charge in [-0.3, -0.25) is 4.79 Å².